The fourth-order valence-electron chi connectivity index (χ4n) is 1.14. The van der Waals surface area contributed by atoms with Crippen LogP contribution >= 0.6 is 0 Å². The summed E-state index contributed by atoms with van der Waals surface area (Å²) in [7, 11) is 0. The van der Waals surface area contributed by atoms with Crippen LogP contribution in [0, 0.1) is 0 Å². The molecular formula is C10H13NO. The first-order valence-electron chi connectivity index (χ1n) is 4.06. The lowest BCUT2D eigenvalue weighted by Crippen LogP contribution is -2.26. The molecule has 1 aromatic carbocycles. The highest BCUT2D eigenvalue weighted by Crippen LogP contribution is 2.01. The predicted octanol–water partition coefficient (Wildman–Crippen LogP) is 1.36. The number of hydrogen-bond acceptors (Lipinski definition) is 1. The molecule has 2 nitrogen and oxygen atoms in total. The number of nitrogens with one attached hydrogen (secondary N) is 1. The normalized spacial score (nSPS) is 12.1. The summed E-state index contributed by atoms with van der Waals surface area (Å²) in [6.45, 7) is 1.99. The molecule has 1 aromatic rings. The number of benzene rings is 1. The summed E-state index contributed by atoms with van der Waals surface area (Å²) in [5.41, 5.74) is 1.25. The van der Waals surface area contributed by atoms with E-state index in [-0.39, 0.29) is 6.04 Å². The van der Waals surface area contributed by atoms with Crippen LogP contribution in [0.2, 0.25) is 0 Å². The van der Waals surface area contributed by atoms with E-state index < -0.39 is 0 Å². The van der Waals surface area contributed by atoms with Gasteiger partial charge in [0.15, 0.2) is 0 Å². The monoisotopic (exact) mass is 163 g/mol. The third kappa shape index (κ3) is 2.74. The van der Waals surface area contributed by atoms with E-state index in [4.69, 9.17) is 0 Å². The summed E-state index contributed by atoms with van der Waals surface area (Å²) in [5.74, 6) is 0. The average Bonchev–Trinajstić information content (AvgIpc) is 2.06. The van der Waals surface area contributed by atoms with Gasteiger partial charge in [0.2, 0.25) is 6.41 Å². The van der Waals surface area contributed by atoms with Crippen molar-refractivity contribution in [2.45, 2.75) is 19.4 Å². The van der Waals surface area contributed by atoms with Crippen LogP contribution in [0.5, 0.6) is 0 Å². The van der Waals surface area contributed by atoms with Crippen molar-refractivity contribution in [1.29, 1.82) is 0 Å². The molecule has 1 amide bonds. The molecular weight excluding hydrogens is 150 g/mol. The van der Waals surface area contributed by atoms with Crippen LogP contribution in [-0.2, 0) is 11.2 Å². The molecule has 0 bridgehead atoms. The lowest BCUT2D eigenvalue weighted by Gasteiger charge is -2.08. The van der Waals surface area contributed by atoms with Crippen LogP contribution in [-0.4, -0.2) is 12.5 Å². The van der Waals surface area contributed by atoms with E-state index in [1.165, 1.54) is 5.56 Å². The van der Waals surface area contributed by atoms with E-state index in [9.17, 15) is 4.79 Å². The number of hydrogen-bond donors (Lipinski definition) is 1. The molecule has 0 aliphatic rings. The Morgan fingerprint density at radius 2 is 2.08 bits per heavy atom. The Morgan fingerprint density at radius 1 is 1.42 bits per heavy atom. The van der Waals surface area contributed by atoms with E-state index in [1.54, 1.807) is 0 Å². The van der Waals surface area contributed by atoms with E-state index in [2.05, 4.69) is 17.4 Å². The Morgan fingerprint density at radius 3 is 2.67 bits per heavy atom. The van der Waals surface area contributed by atoms with Gasteiger partial charge in [0.1, 0.15) is 0 Å². The lowest BCUT2D eigenvalue weighted by molar-refractivity contribution is -0.110. The molecule has 1 atom stereocenters. The van der Waals surface area contributed by atoms with E-state index in [0.717, 1.165) is 12.8 Å². The molecule has 2 heteroatoms. The summed E-state index contributed by atoms with van der Waals surface area (Å²) in [5, 5.41) is 2.71. The standard InChI is InChI=1S/C10H13NO/c1-9(11-8-12)7-10-5-3-2-4-6-10/h2-6,8-9H,7H2,1H3,(H,11,12)/t9-/m0/s1. The highest BCUT2D eigenvalue weighted by Gasteiger charge is 1.99. The lowest BCUT2D eigenvalue weighted by atomic mass is 10.1. The van der Waals surface area contributed by atoms with Crippen molar-refractivity contribution in [2.75, 3.05) is 0 Å². The molecule has 0 saturated heterocycles. The molecule has 0 aliphatic heterocycles. The molecule has 1 N–H and O–H groups in total. The molecule has 0 heterocycles. The Kier molecular flexibility index (Phi) is 3.33. The Labute approximate surface area is 72.6 Å². The molecule has 1 rings (SSSR count). The molecule has 0 aromatic heterocycles. The van der Waals surface area contributed by atoms with Crippen LogP contribution in [0.4, 0.5) is 0 Å². The zero-order valence-electron chi connectivity index (χ0n) is 7.16. The van der Waals surface area contributed by atoms with E-state index in [0.29, 0.717) is 0 Å². The molecule has 0 spiro atoms. The first-order chi connectivity index (χ1) is 5.83. The second kappa shape index (κ2) is 4.54. The number of carbonyl (C=O) groups excluding carboxylic acids is 1. The van der Waals surface area contributed by atoms with Gasteiger partial charge in [0.05, 0.1) is 0 Å². The smallest absolute Gasteiger partial charge is 0.207 e. The molecule has 64 valence electrons. The van der Waals surface area contributed by atoms with Gasteiger partial charge in [-0.2, -0.15) is 0 Å². The van der Waals surface area contributed by atoms with Gasteiger partial charge < -0.3 is 5.32 Å². The summed E-state index contributed by atoms with van der Waals surface area (Å²) < 4.78 is 0. The van der Waals surface area contributed by atoms with Crippen molar-refractivity contribution in [2.24, 2.45) is 0 Å². The zero-order chi connectivity index (χ0) is 8.81. The first-order valence-corrected chi connectivity index (χ1v) is 4.06. The van der Waals surface area contributed by atoms with Crippen LogP contribution in [0.3, 0.4) is 0 Å². The Balaban J connectivity index is 2.46. The Hall–Kier alpha value is -1.31. The van der Waals surface area contributed by atoms with Crippen molar-refractivity contribution < 1.29 is 4.79 Å². The van der Waals surface area contributed by atoms with Gasteiger partial charge in [-0.15, -0.1) is 0 Å². The molecule has 12 heavy (non-hydrogen) atoms. The van der Waals surface area contributed by atoms with E-state index in [1.807, 2.05) is 25.1 Å². The van der Waals surface area contributed by atoms with Crippen LogP contribution in [0.15, 0.2) is 30.3 Å². The van der Waals surface area contributed by atoms with E-state index >= 15 is 0 Å². The van der Waals surface area contributed by atoms with Gasteiger partial charge in [-0.1, -0.05) is 30.3 Å². The summed E-state index contributed by atoms with van der Waals surface area (Å²) in [6, 6.07) is 10.3. The topological polar surface area (TPSA) is 29.1 Å². The molecule has 0 aliphatic carbocycles. The predicted molar refractivity (Wildman–Crippen MR) is 48.8 cm³/mol. The number of rotatable bonds is 4. The maximum Gasteiger partial charge on any atom is 0.207 e. The SMILES string of the molecule is C[C@@H](Cc1ccccc1)NC=O. The largest absolute Gasteiger partial charge is 0.356 e. The number of carbonyl (C=O) groups is 1. The van der Waals surface area contributed by atoms with Crippen LogP contribution < -0.4 is 5.32 Å². The fraction of sp³-hybridized carbons (Fsp3) is 0.300. The zero-order valence-corrected chi connectivity index (χ0v) is 7.16. The second-order valence-electron chi connectivity index (χ2n) is 2.88. The molecule has 0 saturated carbocycles. The van der Waals surface area contributed by atoms with Crippen LogP contribution in [0.1, 0.15) is 12.5 Å². The summed E-state index contributed by atoms with van der Waals surface area (Å²) in [6.07, 6.45) is 1.63. The van der Waals surface area contributed by atoms with Crippen molar-refractivity contribution in [3.63, 3.8) is 0 Å². The maximum atomic E-state index is 10.1. The van der Waals surface area contributed by atoms with Gasteiger partial charge in [-0.05, 0) is 18.9 Å². The van der Waals surface area contributed by atoms with Gasteiger partial charge in [-0.25, -0.2) is 0 Å². The average molecular weight is 163 g/mol. The quantitative estimate of drug-likeness (QED) is 0.667. The minimum atomic E-state index is 0.213. The van der Waals surface area contributed by atoms with Gasteiger partial charge in [-0.3, -0.25) is 4.79 Å². The molecule has 0 fully saturated rings. The van der Waals surface area contributed by atoms with Crippen LogP contribution in [0.25, 0.3) is 0 Å². The number of amides is 1. The van der Waals surface area contributed by atoms with Crippen molar-refractivity contribution in [1.82, 2.24) is 5.32 Å². The Bertz CT molecular complexity index is 233. The van der Waals surface area contributed by atoms with Crippen molar-refractivity contribution >= 4 is 6.41 Å². The van der Waals surface area contributed by atoms with Gasteiger partial charge in [0, 0.05) is 6.04 Å². The minimum Gasteiger partial charge on any atom is -0.356 e. The molecule has 0 unspecified atom stereocenters. The molecule has 0 radical (unpaired) electrons. The summed E-state index contributed by atoms with van der Waals surface area (Å²) >= 11 is 0. The van der Waals surface area contributed by atoms with Crippen molar-refractivity contribution in [3.05, 3.63) is 35.9 Å². The first kappa shape index (κ1) is 8.78. The third-order valence-corrected chi connectivity index (χ3v) is 1.74. The van der Waals surface area contributed by atoms with Crippen molar-refractivity contribution in [3.8, 4) is 0 Å². The highest BCUT2D eigenvalue weighted by atomic mass is 16.1. The van der Waals surface area contributed by atoms with Gasteiger partial charge in [0.25, 0.3) is 0 Å². The fourth-order valence-corrected chi connectivity index (χ4v) is 1.14. The summed E-state index contributed by atoms with van der Waals surface area (Å²) in [4.78, 5) is 10.1. The third-order valence-electron chi connectivity index (χ3n) is 1.74. The minimum absolute atomic E-state index is 0.213. The van der Waals surface area contributed by atoms with Gasteiger partial charge >= 0.3 is 0 Å². The second-order valence-corrected chi connectivity index (χ2v) is 2.88. The highest BCUT2D eigenvalue weighted by molar-refractivity contribution is 5.46. The maximum absolute atomic E-state index is 10.1.